The molecule has 0 aliphatic carbocycles. The van der Waals surface area contributed by atoms with Crippen LogP contribution >= 0.6 is 12.2 Å². The van der Waals surface area contributed by atoms with Crippen molar-refractivity contribution >= 4 is 54.4 Å². The second kappa shape index (κ2) is 11.4. The Hall–Kier alpha value is -3.03. The molecule has 0 spiro atoms. The number of anilines is 3. The fraction of sp³-hybridized carbons (Fsp3) is 0.269. The number of hydrogen-bond acceptors (Lipinski definition) is 6. The molecule has 12 heteroatoms. The van der Waals surface area contributed by atoms with Crippen LogP contribution in [0, 0.1) is 20.8 Å². The molecule has 3 aromatic carbocycles. The van der Waals surface area contributed by atoms with Gasteiger partial charge in [0.05, 0.1) is 28.7 Å². The first-order chi connectivity index (χ1) is 18.0. The number of ether oxygens (including phenoxy) is 1. The fourth-order valence-electron chi connectivity index (χ4n) is 4.03. The zero-order valence-corrected chi connectivity index (χ0v) is 23.8. The molecular weight excluding hydrogens is 545 g/mol. The Morgan fingerprint density at radius 3 is 2.11 bits per heavy atom. The smallest absolute Gasteiger partial charge is 0.262 e. The van der Waals surface area contributed by atoms with Crippen LogP contribution in [-0.4, -0.2) is 52.6 Å². The van der Waals surface area contributed by atoms with Crippen molar-refractivity contribution in [3.63, 3.8) is 0 Å². The lowest BCUT2D eigenvalue weighted by atomic mass is 10.1. The largest absolute Gasteiger partial charge is 0.379 e. The minimum absolute atomic E-state index is 0.128. The van der Waals surface area contributed by atoms with Gasteiger partial charge in [0.25, 0.3) is 10.0 Å². The first kappa shape index (κ1) is 28.0. The van der Waals surface area contributed by atoms with Gasteiger partial charge in [0.2, 0.25) is 10.0 Å². The molecule has 4 rings (SSSR count). The van der Waals surface area contributed by atoms with Crippen LogP contribution in [0.3, 0.4) is 0 Å². The minimum atomic E-state index is -3.85. The van der Waals surface area contributed by atoms with E-state index in [-0.39, 0.29) is 14.9 Å². The molecule has 9 nitrogen and oxygen atoms in total. The average Bonchev–Trinajstić information content (AvgIpc) is 2.87. The molecule has 3 aromatic rings. The van der Waals surface area contributed by atoms with Gasteiger partial charge in [-0.3, -0.25) is 4.72 Å². The minimum Gasteiger partial charge on any atom is -0.379 e. The van der Waals surface area contributed by atoms with E-state index >= 15 is 0 Å². The Balaban J connectivity index is 1.44. The third-order valence-electron chi connectivity index (χ3n) is 6.08. The van der Waals surface area contributed by atoms with Crippen molar-refractivity contribution in [2.24, 2.45) is 0 Å². The number of nitrogens with zero attached hydrogens (tertiary/aromatic N) is 1. The third kappa shape index (κ3) is 6.51. The van der Waals surface area contributed by atoms with Crippen molar-refractivity contribution in [1.29, 1.82) is 0 Å². The van der Waals surface area contributed by atoms with E-state index in [1.807, 2.05) is 26.0 Å². The Morgan fingerprint density at radius 1 is 0.816 bits per heavy atom. The van der Waals surface area contributed by atoms with Crippen molar-refractivity contribution in [3.8, 4) is 0 Å². The van der Waals surface area contributed by atoms with Crippen LogP contribution in [0.15, 0.2) is 70.5 Å². The van der Waals surface area contributed by atoms with Gasteiger partial charge in [0, 0.05) is 24.5 Å². The van der Waals surface area contributed by atoms with Crippen LogP contribution in [0.4, 0.5) is 17.1 Å². The van der Waals surface area contributed by atoms with Gasteiger partial charge in [-0.2, -0.15) is 4.31 Å². The summed E-state index contributed by atoms with van der Waals surface area (Å²) in [6, 6.07) is 16.8. The summed E-state index contributed by atoms with van der Waals surface area (Å²) < 4.78 is 61.3. The summed E-state index contributed by atoms with van der Waals surface area (Å²) >= 11 is 5.40. The molecule has 0 aromatic heterocycles. The lowest BCUT2D eigenvalue weighted by Gasteiger charge is -2.26. The summed E-state index contributed by atoms with van der Waals surface area (Å²) in [6.07, 6.45) is 0. The molecule has 1 aliphatic heterocycles. The molecule has 0 radical (unpaired) electrons. The number of nitrogens with one attached hydrogen (secondary N) is 3. The number of benzene rings is 3. The van der Waals surface area contributed by atoms with Crippen molar-refractivity contribution < 1.29 is 21.6 Å². The lowest BCUT2D eigenvalue weighted by molar-refractivity contribution is 0.0730. The zero-order valence-electron chi connectivity index (χ0n) is 21.3. The monoisotopic (exact) mass is 574 g/mol. The van der Waals surface area contributed by atoms with Crippen molar-refractivity contribution in [2.45, 2.75) is 30.6 Å². The molecule has 0 amide bonds. The molecule has 38 heavy (non-hydrogen) atoms. The quantitative estimate of drug-likeness (QED) is 0.359. The van der Waals surface area contributed by atoms with Crippen molar-refractivity contribution in [2.75, 3.05) is 41.7 Å². The molecule has 1 saturated heterocycles. The van der Waals surface area contributed by atoms with E-state index in [0.29, 0.717) is 48.9 Å². The maximum Gasteiger partial charge on any atom is 0.262 e. The standard InChI is InChI=1S/C26H30N4O5S3/c1-18-4-11-24(20(3)16-18)29-37(31,32)25-17-22(6-5-19(25)2)28-26(36)27-21-7-9-23(10-8-21)38(33,34)30-12-14-35-15-13-30/h4-11,16-17,29H,12-15H2,1-3H3,(H2,27,28,36). The predicted molar refractivity (Wildman–Crippen MR) is 154 cm³/mol. The summed E-state index contributed by atoms with van der Waals surface area (Å²) in [5, 5.41) is 6.22. The number of aryl methyl sites for hydroxylation is 3. The fourth-order valence-corrected chi connectivity index (χ4v) is 7.08. The molecule has 0 saturated carbocycles. The highest BCUT2D eigenvalue weighted by atomic mass is 32.2. The highest BCUT2D eigenvalue weighted by Crippen LogP contribution is 2.25. The number of thiocarbonyl (C=S) groups is 1. The number of sulfonamides is 2. The lowest BCUT2D eigenvalue weighted by Crippen LogP contribution is -2.40. The second-order valence-corrected chi connectivity index (χ2v) is 13.0. The van der Waals surface area contributed by atoms with Crippen LogP contribution < -0.4 is 15.4 Å². The highest BCUT2D eigenvalue weighted by Gasteiger charge is 2.26. The van der Waals surface area contributed by atoms with Gasteiger partial charge in [-0.25, -0.2) is 16.8 Å². The van der Waals surface area contributed by atoms with E-state index in [4.69, 9.17) is 17.0 Å². The van der Waals surface area contributed by atoms with Crippen molar-refractivity contribution in [3.05, 3.63) is 77.4 Å². The molecular formula is C26H30N4O5S3. The van der Waals surface area contributed by atoms with Crippen LogP contribution in [0.2, 0.25) is 0 Å². The van der Waals surface area contributed by atoms with E-state index in [2.05, 4.69) is 15.4 Å². The Bertz CT molecular complexity index is 1550. The molecule has 1 aliphatic rings. The van der Waals surface area contributed by atoms with Gasteiger partial charge in [-0.1, -0.05) is 23.8 Å². The summed E-state index contributed by atoms with van der Waals surface area (Å²) in [6.45, 7) is 6.93. The molecule has 3 N–H and O–H groups in total. The van der Waals surface area contributed by atoms with Crippen molar-refractivity contribution in [1.82, 2.24) is 4.31 Å². The van der Waals surface area contributed by atoms with Gasteiger partial charge >= 0.3 is 0 Å². The van der Waals surface area contributed by atoms with Gasteiger partial charge in [-0.15, -0.1) is 0 Å². The summed E-state index contributed by atoms with van der Waals surface area (Å²) in [5.41, 5.74) is 4.05. The Kier molecular flexibility index (Phi) is 8.38. The van der Waals surface area contributed by atoms with E-state index in [9.17, 15) is 16.8 Å². The van der Waals surface area contributed by atoms with Crippen LogP contribution in [0.1, 0.15) is 16.7 Å². The van der Waals surface area contributed by atoms with Gasteiger partial charge < -0.3 is 15.4 Å². The number of morpholine rings is 1. The second-order valence-electron chi connectivity index (χ2n) is 9.02. The maximum atomic E-state index is 13.2. The van der Waals surface area contributed by atoms with Gasteiger partial charge in [0.1, 0.15) is 0 Å². The van der Waals surface area contributed by atoms with Gasteiger partial charge in [0.15, 0.2) is 5.11 Å². The average molecular weight is 575 g/mol. The predicted octanol–water partition coefficient (Wildman–Crippen LogP) is 4.24. The number of rotatable bonds is 7. The summed E-state index contributed by atoms with van der Waals surface area (Å²) in [4.78, 5) is 0.316. The normalized spacial score (nSPS) is 14.6. The zero-order chi connectivity index (χ0) is 27.5. The SMILES string of the molecule is Cc1ccc(NS(=O)(=O)c2cc(NC(=S)Nc3ccc(S(=O)(=O)N4CCOCC4)cc3)ccc2C)c(C)c1. The highest BCUT2D eigenvalue weighted by molar-refractivity contribution is 7.92. The van der Waals surface area contributed by atoms with Crippen LogP contribution in [-0.2, 0) is 24.8 Å². The molecule has 202 valence electrons. The van der Waals surface area contributed by atoms with Crippen LogP contribution in [0.25, 0.3) is 0 Å². The molecule has 0 unspecified atom stereocenters. The van der Waals surface area contributed by atoms with Gasteiger partial charge in [-0.05, 0) is 86.6 Å². The summed E-state index contributed by atoms with van der Waals surface area (Å²) in [7, 11) is -7.44. The molecule has 0 bridgehead atoms. The molecule has 0 atom stereocenters. The first-order valence-corrected chi connectivity index (χ1v) is 15.3. The first-order valence-electron chi connectivity index (χ1n) is 11.9. The summed E-state index contributed by atoms with van der Waals surface area (Å²) in [5.74, 6) is 0. The third-order valence-corrected chi connectivity index (χ3v) is 9.71. The topological polar surface area (TPSA) is 117 Å². The van der Waals surface area contributed by atoms with E-state index < -0.39 is 20.0 Å². The van der Waals surface area contributed by atoms with E-state index in [1.165, 1.54) is 22.5 Å². The van der Waals surface area contributed by atoms with Crippen LogP contribution in [0.5, 0.6) is 0 Å². The van der Waals surface area contributed by atoms with E-state index in [0.717, 1.165) is 11.1 Å². The molecule has 1 fully saturated rings. The number of hydrogen-bond donors (Lipinski definition) is 3. The molecule has 1 heterocycles. The maximum absolute atomic E-state index is 13.2. The Morgan fingerprint density at radius 2 is 1.45 bits per heavy atom. The van der Waals surface area contributed by atoms with E-state index in [1.54, 1.807) is 37.3 Å². The Labute approximate surface area is 229 Å².